The van der Waals surface area contributed by atoms with Gasteiger partial charge in [-0.25, -0.2) is 21.8 Å². The largest absolute Gasteiger partial charge is 0.497 e. The number of nitrogens with one attached hydrogen (secondary N) is 2. The SMILES string of the molecule is COc1ccc(OC)c(N(CC(=O)Nc2ccc(S(=O)(=O)Nc3ccccn3)cc2)S(=O)(=O)c2ccc(C)cc2)c1. The van der Waals surface area contributed by atoms with Gasteiger partial charge < -0.3 is 14.8 Å². The van der Waals surface area contributed by atoms with Crippen LogP contribution in [0.4, 0.5) is 17.2 Å². The number of hydrogen-bond acceptors (Lipinski definition) is 8. The fourth-order valence-corrected chi connectivity index (χ4v) is 6.23. The summed E-state index contributed by atoms with van der Waals surface area (Å²) < 4.78 is 66.9. The first-order chi connectivity index (χ1) is 19.5. The Bertz CT molecular complexity index is 1730. The van der Waals surface area contributed by atoms with Crippen LogP contribution in [0.2, 0.25) is 0 Å². The van der Waals surface area contributed by atoms with E-state index in [2.05, 4.69) is 15.0 Å². The molecule has 0 atom stereocenters. The van der Waals surface area contributed by atoms with E-state index in [-0.39, 0.29) is 32.7 Å². The summed E-state index contributed by atoms with van der Waals surface area (Å²) in [7, 11) is -5.32. The molecule has 11 nitrogen and oxygen atoms in total. The molecular formula is C28H28N4O7S2. The maximum absolute atomic E-state index is 13.8. The number of methoxy groups -OCH3 is 2. The van der Waals surface area contributed by atoms with Crippen molar-refractivity contribution < 1.29 is 31.1 Å². The number of hydrogen-bond donors (Lipinski definition) is 2. The molecule has 0 radical (unpaired) electrons. The highest BCUT2D eigenvalue weighted by atomic mass is 32.2. The van der Waals surface area contributed by atoms with Crippen LogP contribution in [0.3, 0.4) is 0 Å². The van der Waals surface area contributed by atoms with E-state index in [9.17, 15) is 21.6 Å². The van der Waals surface area contributed by atoms with E-state index in [1.807, 2.05) is 6.92 Å². The van der Waals surface area contributed by atoms with E-state index >= 15 is 0 Å². The lowest BCUT2D eigenvalue weighted by molar-refractivity contribution is -0.114. The quantitative estimate of drug-likeness (QED) is 0.264. The van der Waals surface area contributed by atoms with Crippen molar-refractivity contribution in [3.05, 3.63) is 96.7 Å². The number of pyridine rings is 1. The van der Waals surface area contributed by atoms with E-state index in [0.29, 0.717) is 5.75 Å². The minimum Gasteiger partial charge on any atom is -0.497 e. The van der Waals surface area contributed by atoms with Gasteiger partial charge in [0.1, 0.15) is 23.9 Å². The Balaban J connectivity index is 1.60. The molecule has 13 heteroatoms. The van der Waals surface area contributed by atoms with Gasteiger partial charge in [-0.2, -0.15) is 0 Å². The van der Waals surface area contributed by atoms with Crippen LogP contribution in [0.5, 0.6) is 11.5 Å². The average Bonchev–Trinajstić information content (AvgIpc) is 2.96. The summed E-state index contributed by atoms with van der Waals surface area (Å²) in [6.45, 7) is 1.22. The predicted molar refractivity (Wildman–Crippen MR) is 155 cm³/mol. The topological polar surface area (TPSA) is 144 Å². The molecular weight excluding hydrogens is 568 g/mol. The maximum Gasteiger partial charge on any atom is 0.264 e. The molecule has 0 aliphatic carbocycles. The minimum absolute atomic E-state index is 0.0178. The lowest BCUT2D eigenvalue weighted by atomic mass is 10.2. The van der Waals surface area contributed by atoms with Crippen LogP contribution in [-0.4, -0.2) is 48.5 Å². The first-order valence-electron chi connectivity index (χ1n) is 12.2. The van der Waals surface area contributed by atoms with E-state index in [1.165, 1.54) is 68.9 Å². The molecule has 0 fully saturated rings. The number of ether oxygens (including phenoxy) is 2. The number of aryl methyl sites for hydroxylation is 1. The van der Waals surface area contributed by atoms with Gasteiger partial charge in [0.15, 0.2) is 0 Å². The second-order valence-corrected chi connectivity index (χ2v) is 12.3. The Morgan fingerprint density at radius 1 is 0.854 bits per heavy atom. The maximum atomic E-state index is 13.8. The van der Waals surface area contributed by atoms with Gasteiger partial charge in [-0.3, -0.25) is 13.8 Å². The second kappa shape index (κ2) is 12.3. The molecule has 1 aromatic heterocycles. The third-order valence-corrected chi connectivity index (χ3v) is 9.05. The summed E-state index contributed by atoms with van der Waals surface area (Å²) in [4.78, 5) is 17.1. The lowest BCUT2D eigenvalue weighted by Gasteiger charge is -2.26. The van der Waals surface area contributed by atoms with Gasteiger partial charge in [0.05, 0.1) is 29.7 Å². The number of benzene rings is 3. The number of carbonyl (C=O) groups excluding carboxylic acids is 1. The Hall–Kier alpha value is -4.62. The molecule has 0 unspecified atom stereocenters. The Morgan fingerprint density at radius 3 is 2.15 bits per heavy atom. The summed E-state index contributed by atoms with van der Waals surface area (Å²) in [5, 5.41) is 2.62. The zero-order chi connectivity index (χ0) is 29.6. The van der Waals surface area contributed by atoms with Gasteiger partial charge in [-0.1, -0.05) is 23.8 Å². The zero-order valence-electron chi connectivity index (χ0n) is 22.4. The summed E-state index contributed by atoms with van der Waals surface area (Å²) in [6.07, 6.45) is 1.46. The van der Waals surface area contributed by atoms with Crippen molar-refractivity contribution in [1.82, 2.24) is 4.98 Å². The summed E-state index contributed by atoms with van der Waals surface area (Å²) in [5.74, 6) is 0.0613. The van der Waals surface area contributed by atoms with Crippen molar-refractivity contribution in [1.29, 1.82) is 0 Å². The molecule has 0 aliphatic rings. The van der Waals surface area contributed by atoms with Crippen LogP contribution >= 0.6 is 0 Å². The first-order valence-corrected chi connectivity index (χ1v) is 15.1. The minimum atomic E-state index is -4.23. The van der Waals surface area contributed by atoms with Gasteiger partial charge >= 0.3 is 0 Å². The van der Waals surface area contributed by atoms with Gasteiger partial charge in [0, 0.05) is 18.0 Å². The van der Waals surface area contributed by atoms with Crippen molar-refractivity contribution in [2.75, 3.05) is 35.1 Å². The van der Waals surface area contributed by atoms with Crippen molar-refractivity contribution in [2.24, 2.45) is 0 Å². The molecule has 1 heterocycles. The highest BCUT2D eigenvalue weighted by Gasteiger charge is 2.30. The van der Waals surface area contributed by atoms with Gasteiger partial charge in [0.2, 0.25) is 5.91 Å². The number of nitrogens with zero attached hydrogens (tertiary/aromatic N) is 2. The smallest absolute Gasteiger partial charge is 0.264 e. The Kier molecular flexibility index (Phi) is 8.79. The third-order valence-electron chi connectivity index (χ3n) is 5.90. The van der Waals surface area contributed by atoms with E-state index in [1.54, 1.807) is 36.4 Å². The molecule has 0 aliphatic heterocycles. The van der Waals surface area contributed by atoms with Crippen LogP contribution in [0.15, 0.2) is 101 Å². The molecule has 0 bridgehead atoms. The van der Waals surface area contributed by atoms with Crippen molar-refractivity contribution in [2.45, 2.75) is 16.7 Å². The van der Waals surface area contributed by atoms with Crippen molar-refractivity contribution in [3.8, 4) is 11.5 Å². The fraction of sp³-hybridized carbons (Fsp3) is 0.143. The van der Waals surface area contributed by atoms with Crippen LogP contribution in [0.25, 0.3) is 0 Å². The molecule has 214 valence electrons. The number of rotatable bonds is 11. The molecule has 4 rings (SSSR count). The van der Waals surface area contributed by atoms with Crippen LogP contribution in [0.1, 0.15) is 5.56 Å². The summed E-state index contributed by atoms with van der Waals surface area (Å²) in [5.41, 5.74) is 1.23. The monoisotopic (exact) mass is 596 g/mol. The first kappa shape index (κ1) is 29.4. The fourth-order valence-electron chi connectivity index (χ4n) is 3.80. The third kappa shape index (κ3) is 6.94. The van der Waals surface area contributed by atoms with E-state index in [4.69, 9.17) is 9.47 Å². The zero-order valence-corrected chi connectivity index (χ0v) is 24.1. The molecule has 41 heavy (non-hydrogen) atoms. The highest BCUT2D eigenvalue weighted by molar-refractivity contribution is 7.93. The molecule has 0 saturated heterocycles. The van der Waals surface area contributed by atoms with E-state index in [0.717, 1.165) is 9.87 Å². The van der Waals surface area contributed by atoms with Crippen LogP contribution in [0, 0.1) is 6.92 Å². The number of amides is 1. The lowest BCUT2D eigenvalue weighted by Crippen LogP contribution is -2.38. The molecule has 1 amide bonds. The Labute approximate surface area is 238 Å². The Morgan fingerprint density at radius 2 is 1.54 bits per heavy atom. The van der Waals surface area contributed by atoms with Gasteiger partial charge in [0.25, 0.3) is 20.0 Å². The standard InChI is InChI=1S/C28H28N4O7S2/c1-20-7-12-24(13-8-20)41(36,37)32(25-18-22(38-2)11-16-26(25)39-3)19-28(33)30-21-9-14-23(15-10-21)40(34,35)31-27-6-4-5-17-29-27/h4-18H,19H2,1-3H3,(H,29,31)(H,30,33). The van der Waals surface area contributed by atoms with Crippen molar-refractivity contribution in [3.63, 3.8) is 0 Å². The second-order valence-electron chi connectivity index (χ2n) is 8.76. The molecule has 0 saturated carbocycles. The summed E-state index contributed by atoms with van der Waals surface area (Å²) in [6, 6.07) is 21.1. The normalized spacial score (nSPS) is 11.4. The number of aromatic nitrogens is 1. The van der Waals surface area contributed by atoms with Crippen LogP contribution in [-0.2, 0) is 24.8 Å². The van der Waals surface area contributed by atoms with Crippen LogP contribution < -0.4 is 23.8 Å². The average molecular weight is 597 g/mol. The molecule has 2 N–H and O–H groups in total. The predicted octanol–water partition coefficient (Wildman–Crippen LogP) is 4.04. The van der Waals surface area contributed by atoms with Crippen molar-refractivity contribution >= 4 is 43.1 Å². The number of anilines is 3. The van der Waals surface area contributed by atoms with Gasteiger partial charge in [-0.15, -0.1) is 0 Å². The van der Waals surface area contributed by atoms with E-state index < -0.39 is 32.5 Å². The summed E-state index contributed by atoms with van der Waals surface area (Å²) >= 11 is 0. The molecule has 3 aromatic carbocycles. The number of sulfonamides is 2. The highest BCUT2D eigenvalue weighted by Crippen LogP contribution is 2.35. The number of carbonyl (C=O) groups is 1. The molecule has 0 spiro atoms. The van der Waals surface area contributed by atoms with Gasteiger partial charge in [-0.05, 0) is 67.6 Å². The molecule has 4 aromatic rings.